The number of hydrogen-bond acceptors (Lipinski definition) is 7. The second-order valence-electron chi connectivity index (χ2n) is 6.25. The van der Waals surface area contributed by atoms with Gasteiger partial charge in [-0.25, -0.2) is 9.59 Å². The molecule has 0 saturated carbocycles. The van der Waals surface area contributed by atoms with Crippen molar-refractivity contribution in [2.24, 2.45) is 0 Å². The average molecular weight is 360 g/mol. The maximum atomic E-state index is 12.1. The van der Waals surface area contributed by atoms with E-state index in [1.165, 1.54) is 12.3 Å². The lowest BCUT2D eigenvalue weighted by atomic mass is 10.0. The summed E-state index contributed by atoms with van der Waals surface area (Å²) >= 11 is 0. The maximum Gasteiger partial charge on any atom is 0.338 e. The van der Waals surface area contributed by atoms with Gasteiger partial charge in [0.15, 0.2) is 11.8 Å². The number of ether oxygens (including phenoxy) is 3. The number of aromatic amines is 1. The lowest BCUT2D eigenvalue weighted by molar-refractivity contribution is -0.188. The van der Waals surface area contributed by atoms with Crippen molar-refractivity contribution in [2.75, 3.05) is 13.2 Å². The molecule has 3 heterocycles. The van der Waals surface area contributed by atoms with Crippen molar-refractivity contribution < 1.29 is 24.1 Å². The van der Waals surface area contributed by atoms with Crippen LogP contribution in [0.15, 0.2) is 52.2 Å². The van der Waals surface area contributed by atoms with Crippen LogP contribution < -0.4 is 11.2 Å². The molecule has 9 nitrogen and oxygen atoms in total. The fraction of sp³-hybridized carbons (Fsp3) is 0.353. The molecule has 1 aromatic carbocycles. The number of nitrogens with zero attached hydrogens (tertiary/aromatic N) is 1. The van der Waals surface area contributed by atoms with Crippen LogP contribution in [0.3, 0.4) is 0 Å². The molecular formula is C17H16N2O7. The molecule has 9 heteroatoms. The number of carbonyl (C=O) groups excluding carboxylic acids is 1. The van der Waals surface area contributed by atoms with Gasteiger partial charge in [0.25, 0.3) is 5.56 Å². The predicted molar refractivity (Wildman–Crippen MR) is 86.6 cm³/mol. The molecule has 1 unspecified atom stereocenters. The Kier molecular flexibility index (Phi) is 3.98. The summed E-state index contributed by atoms with van der Waals surface area (Å²) in [6.07, 6.45) is -1.56. The lowest BCUT2D eigenvalue weighted by Crippen LogP contribution is -2.46. The summed E-state index contributed by atoms with van der Waals surface area (Å²) in [5.74, 6) is -0.552. The number of H-pyrrole nitrogens is 1. The van der Waals surface area contributed by atoms with E-state index < -0.39 is 41.3 Å². The van der Waals surface area contributed by atoms with Gasteiger partial charge in [0, 0.05) is 12.3 Å². The van der Waals surface area contributed by atoms with E-state index in [4.69, 9.17) is 14.2 Å². The molecule has 4 atom stereocenters. The third-order valence-electron chi connectivity index (χ3n) is 4.59. The van der Waals surface area contributed by atoms with E-state index in [0.717, 1.165) is 4.57 Å². The highest BCUT2D eigenvalue weighted by molar-refractivity contribution is 5.89. The van der Waals surface area contributed by atoms with Gasteiger partial charge < -0.3 is 19.3 Å². The van der Waals surface area contributed by atoms with Crippen LogP contribution in [-0.4, -0.2) is 51.6 Å². The van der Waals surface area contributed by atoms with Crippen molar-refractivity contribution in [3.8, 4) is 0 Å². The quantitative estimate of drug-likeness (QED) is 0.700. The van der Waals surface area contributed by atoms with E-state index in [1.54, 1.807) is 30.3 Å². The number of carbonyl (C=O) groups is 1. The highest BCUT2D eigenvalue weighted by Gasteiger charge is 2.62. The number of aromatic nitrogens is 2. The van der Waals surface area contributed by atoms with Crippen LogP contribution in [0.2, 0.25) is 0 Å². The predicted octanol–water partition coefficient (Wildman–Crippen LogP) is -0.579. The number of benzene rings is 1. The van der Waals surface area contributed by atoms with E-state index in [0.29, 0.717) is 5.56 Å². The minimum Gasteiger partial charge on any atom is -0.459 e. The zero-order chi connectivity index (χ0) is 18.3. The van der Waals surface area contributed by atoms with Gasteiger partial charge in [-0.1, -0.05) is 18.2 Å². The van der Waals surface area contributed by atoms with Crippen LogP contribution >= 0.6 is 0 Å². The van der Waals surface area contributed by atoms with Gasteiger partial charge in [-0.3, -0.25) is 14.3 Å². The Hall–Kier alpha value is -2.75. The van der Waals surface area contributed by atoms with Gasteiger partial charge in [0.2, 0.25) is 0 Å². The summed E-state index contributed by atoms with van der Waals surface area (Å²) < 4.78 is 17.8. The average Bonchev–Trinajstić information content (AvgIpc) is 3.10. The van der Waals surface area contributed by atoms with Crippen LogP contribution in [0, 0.1) is 0 Å². The molecule has 2 bridgehead atoms. The first-order valence-corrected chi connectivity index (χ1v) is 8.01. The molecule has 0 radical (unpaired) electrons. The number of fused-ring (bicyclic) bond motifs is 2. The van der Waals surface area contributed by atoms with E-state index in [-0.39, 0.29) is 13.2 Å². The fourth-order valence-corrected chi connectivity index (χ4v) is 3.21. The Morgan fingerprint density at radius 1 is 1.31 bits per heavy atom. The zero-order valence-corrected chi connectivity index (χ0v) is 13.5. The lowest BCUT2D eigenvalue weighted by Gasteiger charge is -2.30. The summed E-state index contributed by atoms with van der Waals surface area (Å²) in [5, 5.41) is 10.5. The van der Waals surface area contributed by atoms with E-state index in [1.807, 2.05) is 0 Å². The summed E-state index contributed by atoms with van der Waals surface area (Å²) in [4.78, 5) is 37.4. The first-order valence-electron chi connectivity index (χ1n) is 8.01. The number of esters is 1. The minimum atomic E-state index is -1.27. The van der Waals surface area contributed by atoms with Crippen LogP contribution in [0.1, 0.15) is 16.6 Å². The largest absolute Gasteiger partial charge is 0.459 e. The molecule has 136 valence electrons. The van der Waals surface area contributed by atoms with Gasteiger partial charge in [-0.2, -0.15) is 0 Å². The number of aliphatic hydroxyl groups is 1. The van der Waals surface area contributed by atoms with Crippen LogP contribution in [0.25, 0.3) is 0 Å². The molecule has 2 aromatic rings. The minimum absolute atomic E-state index is 0.0233. The second-order valence-corrected chi connectivity index (χ2v) is 6.25. The van der Waals surface area contributed by atoms with Gasteiger partial charge in [-0.15, -0.1) is 0 Å². The third kappa shape index (κ3) is 2.66. The fourth-order valence-electron chi connectivity index (χ4n) is 3.21. The Bertz CT molecular complexity index is 938. The molecule has 1 aromatic heterocycles. The number of aliphatic hydroxyl groups excluding tert-OH is 1. The number of hydrogen-bond donors (Lipinski definition) is 2. The van der Waals surface area contributed by atoms with Crippen molar-refractivity contribution in [2.45, 2.75) is 24.0 Å². The molecule has 2 aliphatic heterocycles. The van der Waals surface area contributed by atoms with E-state index in [2.05, 4.69) is 4.98 Å². The van der Waals surface area contributed by atoms with Crippen LogP contribution in [-0.2, 0) is 14.2 Å². The van der Waals surface area contributed by atoms with Crippen molar-refractivity contribution in [3.63, 3.8) is 0 Å². The third-order valence-corrected chi connectivity index (χ3v) is 4.59. The molecule has 0 spiro atoms. The zero-order valence-electron chi connectivity index (χ0n) is 13.5. The number of rotatable bonds is 4. The molecule has 26 heavy (non-hydrogen) atoms. The van der Waals surface area contributed by atoms with Crippen molar-refractivity contribution >= 4 is 5.97 Å². The SMILES string of the molecule is O=C(OC[C@@]12COC([C@H](n3ccc(=O)[nH]c3=O)O1)[C@H]2O)c1ccccc1. The second kappa shape index (κ2) is 6.20. The summed E-state index contributed by atoms with van der Waals surface area (Å²) in [7, 11) is 0. The highest BCUT2D eigenvalue weighted by Crippen LogP contribution is 2.44. The number of nitrogens with one attached hydrogen (secondary N) is 1. The van der Waals surface area contributed by atoms with Crippen molar-refractivity contribution in [1.82, 2.24) is 9.55 Å². The van der Waals surface area contributed by atoms with Gasteiger partial charge in [-0.05, 0) is 12.1 Å². The molecule has 2 fully saturated rings. The Balaban J connectivity index is 1.53. The Morgan fingerprint density at radius 2 is 2.08 bits per heavy atom. The first-order chi connectivity index (χ1) is 12.5. The monoisotopic (exact) mass is 360 g/mol. The van der Waals surface area contributed by atoms with Crippen LogP contribution in [0.4, 0.5) is 0 Å². The van der Waals surface area contributed by atoms with Crippen molar-refractivity contribution in [1.29, 1.82) is 0 Å². The summed E-state index contributed by atoms with van der Waals surface area (Å²) in [6.45, 7) is -0.206. The molecular weight excluding hydrogens is 344 g/mol. The molecule has 2 N–H and O–H groups in total. The molecule has 0 aliphatic carbocycles. The maximum absolute atomic E-state index is 12.1. The Labute approximate surface area is 146 Å². The molecule has 2 saturated heterocycles. The Morgan fingerprint density at radius 3 is 2.81 bits per heavy atom. The molecule has 4 rings (SSSR count). The molecule has 2 aliphatic rings. The standard InChI is InChI=1S/C17H16N2O7/c20-11-6-7-19(16(23)18-11)14-12-13(21)17(26-14,8-24-12)9-25-15(22)10-4-2-1-3-5-10/h1-7,12-14,21H,8-9H2,(H,18,20,23)/t12?,13-,14-,17-/m1/s1. The summed E-state index contributed by atoms with van der Waals surface area (Å²) in [6, 6.07) is 9.60. The van der Waals surface area contributed by atoms with Gasteiger partial charge in [0.1, 0.15) is 18.8 Å². The van der Waals surface area contributed by atoms with E-state index in [9.17, 15) is 19.5 Å². The van der Waals surface area contributed by atoms with Gasteiger partial charge >= 0.3 is 11.7 Å². The molecule has 0 amide bonds. The normalized spacial score (nSPS) is 29.7. The van der Waals surface area contributed by atoms with Crippen LogP contribution in [0.5, 0.6) is 0 Å². The van der Waals surface area contributed by atoms with Crippen molar-refractivity contribution in [3.05, 3.63) is 69.0 Å². The first kappa shape index (κ1) is 16.7. The smallest absolute Gasteiger partial charge is 0.338 e. The topological polar surface area (TPSA) is 120 Å². The van der Waals surface area contributed by atoms with Gasteiger partial charge in [0.05, 0.1) is 12.2 Å². The summed E-state index contributed by atoms with van der Waals surface area (Å²) in [5.41, 5.74) is -2.11. The highest BCUT2D eigenvalue weighted by atomic mass is 16.7. The van der Waals surface area contributed by atoms with E-state index >= 15 is 0 Å².